The van der Waals surface area contributed by atoms with Crippen molar-refractivity contribution in [1.82, 2.24) is 15.0 Å². The average Bonchev–Trinajstić information content (AvgIpc) is 3.24. The number of pyridine rings is 1. The number of nitrogens with two attached hydrogens (primary N) is 1. The Kier molecular flexibility index (Phi) is 7.26. The van der Waals surface area contributed by atoms with Crippen LogP contribution in [0.25, 0.3) is 21.7 Å². The third kappa shape index (κ3) is 5.34. The first kappa shape index (κ1) is 21.7. The summed E-state index contributed by atoms with van der Waals surface area (Å²) in [7, 11) is 0. The molecule has 0 saturated carbocycles. The van der Waals surface area contributed by atoms with Crippen molar-refractivity contribution in [3.63, 3.8) is 0 Å². The number of esters is 1. The summed E-state index contributed by atoms with van der Waals surface area (Å²) >= 11 is 20.2. The number of carbonyl (C=O) groups excluding carboxylic acids is 1. The quantitative estimate of drug-likeness (QED) is 0.272. The number of nitrogens with zero attached hydrogens (tertiary/aromatic N) is 3. The van der Waals surface area contributed by atoms with Gasteiger partial charge in [0, 0.05) is 6.20 Å². The Balaban J connectivity index is 0.000000177. The summed E-state index contributed by atoms with van der Waals surface area (Å²) < 4.78 is 5.89. The van der Waals surface area contributed by atoms with Gasteiger partial charge >= 0.3 is 5.97 Å². The van der Waals surface area contributed by atoms with E-state index in [1.165, 1.54) is 28.7 Å². The molecule has 4 heterocycles. The molecule has 0 radical (unpaired) electrons. The predicted octanol–water partition coefficient (Wildman–Crippen LogP) is 6.22. The van der Waals surface area contributed by atoms with Crippen LogP contribution in [0.3, 0.4) is 0 Å². The van der Waals surface area contributed by atoms with E-state index in [4.69, 9.17) is 45.3 Å². The summed E-state index contributed by atoms with van der Waals surface area (Å²) in [5, 5.41) is 1.58. The third-order valence-electron chi connectivity index (χ3n) is 3.44. The Bertz CT molecular complexity index is 1150. The fourth-order valence-corrected chi connectivity index (χ4v) is 4.57. The Labute approximate surface area is 189 Å². The van der Waals surface area contributed by atoms with Gasteiger partial charge in [0.15, 0.2) is 5.82 Å². The molecule has 0 aliphatic rings. The van der Waals surface area contributed by atoms with Gasteiger partial charge < -0.3 is 10.5 Å². The minimum Gasteiger partial charge on any atom is -0.462 e. The summed E-state index contributed by atoms with van der Waals surface area (Å²) in [4.78, 5) is 24.7. The normalized spacial score (nSPS) is 10.5. The lowest BCUT2D eigenvalue weighted by Crippen LogP contribution is -2.05. The zero-order chi connectivity index (χ0) is 21.0. The minimum atomic E-state index is -0.418. The molecule has 6 nitrogen and oxygen atoms in total. The summed E-state index contributed by atoms with van der Waals surface area (Å²) in [6.07, 6.45) is 1.69. The van der Waals surface area contributed by atoms with Crippen LogP contribution in [0.5, 0.6) is 0 Å². The molecular formula is C18H13Cl3N4O2S2. The zero-order valence-corrected chi connectivity index (χ0v) is 18.8. The first-order chi connectivity index (χ1) is 13.9. The van der Waals surface area contributed by atoms with Gasteiger partial charge in [-0.15, -0.1) is 22.7 Å². The monoisotopic (exact) mass is 486 g/mol. The van der Waals surface area contributed by atoms with Crippen molar-refractivity contribution in [2.24, 2.45) is 0 Å². The second kappa shape index (κ2) is 9.69. The summed E-state index contributed by atoms with van der Waals surface area (Å²) in [5.74, 6) is 0.0970. The molecule has 11 heteroatoms. The van der Waals surface area contributed by atoms with E-state index in [0.717, 1.165) is 10.2 Å². The number of carbonyl (C=O) groups is 1. The molecule has 29 heavy (non-hydrogen) atoms. The lowest BCUT2D eigenvalue weighted by molar-refractivity contribution is 0.0528. The van der Waals surface area contributed by atoms with Crippen LogP contribution in [0, 0.1) is 0 Å². The van der Waals surface area contributed by atoms with Crippen LogP contribution in [0.15, 0.2) is 36.5 Å². The van der Waals surface area contributed by atoms with E-state index < -0.39 is 5.97 Å². The van der Waals surface area contributed by atoms with E-state index in [1.807, 2.05) is 18.2 Å². The van der Waals surface area contributed by atoms with E-state index in [1.54, 1.807) is 19.2 Å². The highest BCUT2D eigenvalue weighted by molar-refractivity contribution is 7.22. The van der Waals surface area contributed by atoms with Crippen LogP contribution in [0.4, 0.5) is 5.00 Å². The van der Waals surface area contributed by atoms with Gasteiger partial charge in [0.1, 0.15) is 20.7 Å². The van der Waals surface area contributed by atoms with E-state index in [-0.39, 0.29) is 0 Å². The number of thiophene rings is 2. The fourth-order valence-electron chi connectivity index (χ4n) is 2.21. The molecule has 0 spiro atoms. The van der Waals surface area contributed by atoms with Crippen molar-refractivity contribution in [2.45, 2.75) is 6.92 Å². The first-order valence-electron chi connectivity index (χ1n) is 8.15. The summed E-state index contributed by atoms with van der Waals surface area (Å²) in [5.41, 5.74) is 6.55. The number of halogens is 3. The largest absolute Gasteiger partial charge is 0.462 e. The molecule has 0 aliphatic heterocycles. The Morgan fingerprint density at radius 2 is 1.90 bits per heavy atom. The lowest BCUT2D eigenvalue weighted by atomic mass is 10.3. The highest BCUT2D eigenvalue weighted by atomic mass is 35.5. The zero-order valence-electron chi connectivity index (χ0n) is 14.9. The number of rotatable bonds is 3. The Morgan fingerprint density at radius 3 is 2.52 bits per heavy atom. The van der Waals surface area contributed by atoms with Gasteiger partial charge in [-0.25, -0.2) is 14.8 Å². The highest BCUT2D eigenvalue weighted by Crippen LogP contribution is 2.33. The fraction of sp³-hybridized carbons (Fsp3) is 0.111. The van der Waals surface area contributed by atoms with Crippen molar-refractivity contribution in [3.05, 3.63) is 55.9 Å². The molecule has 0 fully saturated rings. The molecule has 0 aliphatic carbocycles. The summed E-state index contributed by atoms with van der Waals surface area (Å²) in [6.45, 7) is 2.08. The maximum Gasteiger partial charge on any atom is 0.341 e. The van der Waals surface area contributed by atoms with Crippen molar-refractivity contribution >= 4 is 78.7 Å². The molecule has 0 aromatic carbocycles. The smallest absolute Gasteiger partial charge is 0.341 e. The SMILES string of the molecule is CCOC(=O)c1cc(Cl)sc1N.Clc1cc2c(Cl)nc(-c3ccccn3)nc2s1. The molecule has 4 aromatic heterocycles. The maximum atomic E-state index is 11.1. The number of hydrogen-bond donors (Lipinski definition) is 1. The molecule has 4 rings (SSSR count). The second-order valence-electron chi connectivity index (χ2n) is 5.37. The van der Waals surface area contributed by atoms with Crippen LogP contribution < -0.4 is 5.73 Å². The molecule has 2 N–H and O–H groups in total. The lowest BCUT2D eigenvalue weighted by Gasteiger charge is -1.99. The molecule has 0 saturated heterocycles. The molecule has 0 unspecified atom stereocenters. The first-order valence-corrected chi connectivity index (χ1v) is 10.9. The van der Waals surface area contributed by atoms with E-state index >= 15 is 0 Å². The van der Waals surface area contributed by atoms with Gasteiger partial charge in [-0.3, -0.25) is 4.98 Å². The minimum absolute atomic E-state index is 0.339. The number of fused-ring (bicyclic) bond motifs is 1. The Hall–Kier alpha value is -1.97. The third-order valence-corrected chi connectivity index (χ3v) is 5.98. The van der Waals surface area contributed by atoms with Gasteiger partial charge in [0.2, 0.25) is 0 Å². The van der Waals surface area contributed by atoms with Crippen molar-refractivity contribution < 1.29 is 9.53 Å². The number of hydrogen-bond acceptors (Lipinski definition) is 8. The van der Waals surface area contributed by atoms with E-state index in [0.29, 0.717) is 42.5 Å². The van der Waals surface area contributed by atoms with Crippen molar-refractivity contribution in [3.8, 4) is 11.5 Å². The van der Waals surface area contributed by atoms with Gasteiger partial charge in [-0.05, 0) is 31.2 Å². The van der Waals surface area contributed by atoms with Crippen molar-refractivity contribution in [2.75, 3.05) is 12.3 Å². The van der Waals surface area contributed by atoms with Gasteiger partial charge in [0.05, 0.1) is 26.2 Å². The maximum absolute atomic E-state index is 11.1. The van der Waals surface area contributed by atoms with Gasteiger partial charge in [-0.1, -0.05) is 40.9 Å². The van der Waals surface area contributed by atoms with Crippen LogP contribution in [-0.4, -0.2) is 27.5 Å². The van der Waals surface area contributed by atoms with Gasteiger partial charge in [0.25, 0.3) is 0 Å². The number of anilines is 1. The molecular weight excluding hydrogens is 475 g/mol. The molecule has 0 amide bonds. The van der Waals surface area contributed by atoms with Crippen LogP contribution in [0.1, 0.15) is 17.3 Å². The average molecular weight is 488 g/mol. The molecule has 0 atom stereocenters. The van der Waals surface area contributed by atoms with Crippen molar-refractivity contribution in [1.29, 1.82) is 0 Å². The summed E-state index contributed by atoms with van der Waals surface area (Å²) in [6, 6.07) is 8.84. The topological polar surface area (TPSA) is 91.0 Å². The van der Waals surface area contributed by atoms with Crippen LogP contribution in [0.2, 0.25) is 13.8 Å². The van der Waals surface area contributed by atoms with E-state index in [9.17, 15) is 4.79 Å². The standard InChI is InChI=1S/C11H5Cl2N3S.C7H8ClNO2S/c12-8-5-6-9(13)15-10(16-11(6)17-8)7-3-1-2-4-14-7;1-2-11-7(10)4-3-5(8)12-6(4)9/h1-5H;3H,2,9H2,1H3. The number of aromatic nitrogens is 3. The Morgan fingerprint density at radius 1 is 1.14 bits per heavy atom. The van der Waals surface area contributed by atoms with Crippen LogP contribution >= 0.6 is 57.5 Å². The molecule has 0 bridgehead atoms. The van der Waals surface area contributed by atoms with Crippen LogP contribution in [-0.2, 0) is 4.74 Å². The predicted molar refractivity (Wildman–Crippen MR) is 120 cm³/mol. The number of nitrogen functional groups attached to an aromatic ring is 1. The number of ether oxygens (including phenoxy) is 1. The van der Waals surface area contributed by atoms with Gasteiger partial charge in [-0.2, -0.15) is 0 Å². The molecule has 4 aromatic rings. The second-order valence-corrected chi connectivity index (χ2v) is 9.11. The molecule has 150 valence electrons. The highest BCUT2D eigenvalue weighted by Gasteiger charge is 2.14. The van der Waals surface area contributed by atoms with E-state index in [2.05, 4.69) is 15.0 Å².